The van der Waals surface area contributed by atoms with Crippen LogP contribution >= 0.6 is 0 Å². The molecule has 2 aliphatic rings. The van der Waals surface area contributed by atoms with Gasteiger partial charge in [-0.2, -0.15) is 0 Å². The number of hydrogen-bond acceptors (Lipinski definition) is 3. The third-order valence-corrected chi connectivity index (χ3v) is 6.58. The van der Waals surface area contributed by atoms with Crippen molar-refractivity contribution < 1.29 is 9.90 Å². The van der Waals surface area contributed by atoms with Gasteiger partial charge in [-0.05, 0) is 48.2 Å². The summed E-state index contributed by atoms with van der Waals surface area (Å²) in [4.78, 5) is 17.6. The fourth-order valence-corrected chi connectivity index (χ4v) is 4.93. The van der Waals surface area contributed by atoms with Gasteiger partial charge in [-0.25, -0.2) is 0 Å². The summed E-state index contributed by atoms with van der Waals surface area (Å²) in [7, 11) is 0. The molecule has 1 amide bonds. The summed E-state index contributed by atoms with van der Waals surface area (Å²) < 4.78 is 0. The molecular weight excluding hydrogens is 348 g/mol. The molecule has 28 heavy (non-hydrogen) atoms. The van der Waals surface area contributed by atoms with E-state index in [9.17, 15) is 9.90 Å². The molecule has 4 nitrogen and oxygen atoms in total. The predicted molar refractivity (Wildman–Crippen MR) is 113 cm³/mol. The van der Waals surface area contributed by atoms with Crippen LogP contribution in [0.15, 0.2) is 42.5 Å². The third kappa shape index (κ3) is 4.39. The fourth-order valence-electron chi connectivity index (χ4n) is 4.93. The molecule has 0 saturated carbocycles. The number of amides is 1. The van der Waals surface area contributed by atoms with Gasteiger partial charge in [0.05, 0.1) is 6.42 Å². The molecule has 1 N–H and O–H groups in total. The monoisotopic (exact) mass is 380 g/mol. The highest BCUT2D eigenvalue weighted by atomic mass is 16.3. The number of nitrogens with zero attached hydrogens (tertiary/aromatic N) is 2. The van der Waals surface area contributed by atoms with Gasteiger partial charge < -0.3 is 14.9 Å². The van der Waals surface area contributed by atoms with Crippen molar-refractivity contribution in [3.05, 3.63) is 48.0 Å². The normalized spacial score (nSPS) is 23.8. The van der Waals surface area contributed by atoms with E-state index in [0.717, 1.165) is 24.0 Å². The highest BCUT2D eigenvalue weighted by Crippen LogP contribution is 2.27. The molecule has 0 aliphatic carbocycles. The first-order chi connectivity index (χ1) is 13.7. The first kappa shape index (κ1) is 19.4. The van der Waals surface area contributed by atoms with E-state index in [1.807, 2.05) is 23.1 Å². The lowest BCUT2D eigenvalue weighted by Gasteiger charge is -2.26. The molecule has 2 fully saturated rings. The van der Waals surface area contributed by atoms with E-state index in [-0.39, 0.29) is 18.4 Å². The van der Waals surface area contributed by atoms with Crippen molar-refractivity contribution in [1.29, 1.82) is 0 Å². The van der Waals surface area contributed by atoms with E-state index in [1.54, 1.807) is 0 Å². The summed E-state index contributed by atoms with van der Waals surface area (Å²) in [6.07, 6.45) is 5.66. The number of rotatable bonds is 5. The van der Waals surface area contributed by atoms with Gasteiger partial charge in [0, 0.05) is 32.2 Å². The molecule has 0 bridgehead atoms. The Morgan fingerprint density at radius 3 is 2.43 bits per heavy atom. The van der Waals surface area contributed by atoms with Crippen molar-refractivity contribution in [2.75, 3.05) is 39.3 Å². The van der Waals surface area contributed by atoms with E-state index >= 15 is 0 Å². The Kier molecular flexibility index (Phi) is 6.28. The van der Waals surface area contributed by atoms with Crippen molar-refractivity contribution in [2.45, 2.75) is 32.1 Å². The second-order valence-electron chi connectivity index (χ2n) is 8.53. The molecule has 0 unspecified atom stereocenters. The van der Waals surface area contributed by atoms with Gasteiger partial charge in [0.1, 0.15) is 0 Å². The maximum absolute atomic E-state index is 13.0. The summed E-state index contributed by atoms with van der Waals surface area (Å²) >= 11 is 0. The van der Waals surface area contributed by atoms with Crippen molar-refractivity contribution >= 4 is 16.7 Å². The van der Waals surface area contributed by atoms with E-state index in [2.05, 4.69) is 29.2 Å². The minimum Gasteiger partial charge on any atom is -0.396 e. The highest BCUT2D eigenvalue weighted by molar-refractivity contribution is 5.90. The summed E-state index contributed by atoms with van der Waals surface area (Å²) in [5, 5.41) is 12.2. The van der Waals surface area contributed by atoms with Crippen LogP contribution in [-0.4, -0.2) is 60.1 Å². The van der Waals surface area contributed by atoms with Crippen LogP contribution in [0.4, 0.5) is 0 Å². The number of fused-ring (bicyclic) bond motifs is 1. The van der Waals surface area contributed by atoms with Crippen LogP contribution < -0.4 is 0 Å². The molecule has 2 aromatic carbocycles. The van der Waals surface area contributed by atoms with Crippen molar-refractivity contribution in [2.24, 2.45) is 11.8 Å². The Morgan fingerprint density at radius 2 is 1.64 bits per heavy atom. The van der Waals surface area contributed by atoms with Crippen molar-refractivity contribution in [3.63, 3.8) is 0 Å². The van der Waals surface area contributed by atoms with Gasteiger partial charge in [-0.1, -0.05) is 55.3 Å². The standard InChI is InChI=1S/C24H32N2O2/c27-18-22-17-26(16-21(22)15-25-12-5-1-2-6-13-25)24(28)14-20-10-7-9-19-8-3-4-11-23(19)20/h3-4,7-11,21-22,27H,1-2,5-6,12-18H2/t21-,22-/m1/s1. The smallest absolute Gasteiger partial charge is 0.227 e. The van der Waals surface area contributed by atoms with Gasteiger partial charge in [-0.15, -0.1) is 0 Å². The zero-order valence-electron chi connectivity index (χ0n) is 16.7. The summed E-state index contributed by atoms with van der Waals surface area (Å²) in [6, 6.07) is 14.5. The molecule has 4 heteroatoms. The molecule has 0 spiro atoms. The average Bonchev–Trinajstić information content (AvgIpc) is 2.95. The highest BCUT2D eigenvalue weighted by Gasteiger charge is 2.35. The van der Waals surface area contributed by atoms with Crippen LogP contribution in [0.2, 0.25) is 0 Å². The summed E-state index contributed by atoms with van der Waals surface area (Å²) in [5.74, 6) is 0.785. The molecule has 2 aliphatic heterocycles. The zero-order valence-corrected chi connectivity index (χ0v) is 16.7. The second-order valence-corrected chi connectivity index (χ2v) is 8.53. The van der Waals surface area contributed by atoms with Gasteiger partial charge >= 0.3 is 0 Å². The van der Waals surface area contributed by atoms with Crippen molar-refractivity contribution in [1.82, 2.24) is 9.80 Å². The Balaban J connectivity index is 1.41. The van der Waals surface area contributed by atoms with Crippen molar-refractivity contribution in [3.8, 4) is 0 Å². The Morgan fingerprint density at radius 1 is 0.929 bits per heavy atom. The third-order valence-electron chi connectivity index (χ3n) is 6.58. The second kappa shape index (κ2) is 9.06. The summed E-state index contributed by atoms with van der Waals surface area (Å²) in [6.45, 7) is 5.00. The SMILES string of the molecule is O=C(Cc1cccc2ccccc12)N1C[C@@H](CN2CCCCCC2)[C@@H](CO)C1. The summed E-state index contributed by atoms with van der Waals surface area (Å²) in [5.41, 5.74) is 1.10. The lowest BCUT2D eigenvalue weighted by molar-refractivity contribution is -0.129. The van der Waals surface area contributed by atoms with Crippen LogP contribution in [0.25, 0.3) is 10.8 Å². The molecule has 2 saturated heterocycles. The molecule has 2 aromatic rings. The number of carbonyl (C=O) groups excluding carboxylic acids is 1. The molecule has 0 radical (unpaired) electrons. The Labute approximate surface area is 168 Å². The molecule has 2 heterocycles. The number of carbonyl (C=O) groups is 1. The molecule has 0 aromatic heterocycles. The lowest BCUT2D eigenvalue weighted by Crippen LogP contribution is -2.35. The molecule has 150 valence electrons. The first-order valence-corrected chi connectivity index (χ1v) is 10.8. The number of aliphatic hydroxyl groups is 1. The first-order valence-electron chi connectivity index (χ1n) is 10.8. The molecular formula is C24H32N2O2. The molecule has 4 rings (SSSR count). The minimum absolute atomic E-state index is 0.177. The van der Waals surface area contributed by atoms with Gasteiger partial charge in [-0.3, -0.25) is 4.79 Å². The Bertz CT molecular complexity index is 793. The largest absolute Gasteiger partial charge is 0.396 e. The quantitative estimate of drug-likeness (QED) is 0.865. The van der Waals surface area contributed by atoms with Crippen LogP contribution in [0, 0.1) is 11.8 Å². The Hall–Kier alpha value is -1.91. The van der Waals surface area contributed by atoms with E-state index < -0.39 is 0 Å². The zero-order chi connectivity index (χ0) is 19.3. The maximum Gasteiger partial charge on any atom is 0.227 e. The van der Waals surface area contributed by atoms with Crippen LogP contribution in [0.1, 0.15) is 31.2 Å². The molecule has 2 atom stereocenters. The van der Waals surface area contributed by atoms with Crippen LogP contribution in [0.5, 0.6) is 0 Å². The van der Waals surface area contributed by atoms with Gasteiger partial charge in [0.2, 0.25) is 5.91 Å². The van der Waals surface area contributed by atoms with E-state index in [1.165, 1.54) is 44.2 Å². The maximum atomic E-state index is 13.0. The fraction of sp³-hybridized carbons (Fsp3) is 0.542. The van der Waals surface area contributed by atoms with Gasteiger partial charge in [0.15, 0.2) is 0 Å². The topological polar surface area (TPSA) is 43.8 Å². The number of benzene rings is 2. The average molecular weight is 381 g/mol. The number of aliphatic hydroxyl groups excluding tert-OH is 1. The van der Waals surface area contributed by atoms with E-state index in [0.29, 0.717) is 18.9 Å². The van der Waals surface area contributed by atoms with Gasteiger partial charge in [0.25, 0.3) is 0 Å². The minimum atomic E-state index is 0.177. The number of likely N-dealkylation sites (tertiary alicyclic amines) is 2. The number of hydrogen-bond donors (Lipinski definition) is 1. The van der Waals surface area contributed by atoms with E-state index in [4.69, 9.17) is 0 Å². The van der Waals surface area contributed by atoms with Crippen LogP contribution in [-0.2, 0) is 11.2 Å². The lowest BCUT2D eigenvalue weighted by atomic mass is 9.96. The predicted octanol–water partition coefficient (Wildman–Crippen LogP) is 3.33. The van der Waals surface area contributed by atoms with Crippen LogP contribution in [0.3, 0.4) is 0 Å².